The minimum absolute atomic E-state index is 0. The molecule has 0 atom stereocenters. The molecule has 0 spiro atoms. The van der Waals surface area contributed by atoms with Gasteiger partial charge in [0.2, 0.25) is 0 Å². The van der Waals surface area contributed by atoms with Gasteiger partial charge in [-0.3, -0.25) is 0 Å². The van der Waals surface area contributed by atoms with Crippen molar-refractivity contribution in [3.8, 4) is 19.5 Å². The van der Waals surface area contributed by atoms with Gasteiger partial charge in [0, 0.05) is 31.3 Å². The van der Waals surface area contributed by atoms with Crippen molar-refractivity contribution in [2.75, 3.05) is 4.43 Å². The van der Waals surface area contributed by atoms with Gasteiger partial charge in [0.05, 0.1) is 0 Å². The fraction of sp³-hybridized carbons (Fsp3) is 0.452. The normalized spacial score (nSPS) is 12.6. The first kappa shape index (κ1) is 37.2. The number of unbranched alkanes of at least 4 members (excludes halogenated alkanes) is 3. The van der Waals surface area contributed by atoms with E-state index in [1.807, 2.05) is 45.3 Å². The van der Waals surface area contributed by atoms with Gasteiger partial charge < -0.3 is 12.9 Å². The third-order valence-electron chi connectivity index (χ3n) is 7.05. The van der Waals surface area contributed by atoms with Gasteiger partial charge >= 0.3 is 51.4 Å². The first-order valence-electron chi connectivity index (χ1n) is 13.1. The molecule has 4 aromatic rings. The van der Waals surface area contributed by atoms with Crippen molar-refractivity contribution in [2.24, 2.45) is 0 Å². The molecule has 0 radical (unpaired) electrons. The molecule has 0 aromatic carbocycles. The topological polar surface area (TPSA) is 30.0 Å². The number of hydrogen-bond acceptors (Lipinski definition) is 5. The Kier molecular flexibility index (Phi) is 18.2. The minimum atomic E-state index is 0. The predicted molar refractivity (Wildman–Crippen MR) is 180 cm³/mol. The molecular weight excluding hydrogens is 683 g/mol. The van der Waals surface area contributed by atoms with Crippen LogP contribution in [0.4, 0.5) is 0 Å². The molecule has 2 aliphatic rings. The van der Waals surface area contributed by atoms with E-state index in [0.29, 0.717) is 5.41 Å². The van der Waals surface area contributed by atoms with Crippen molar-refractivity contribution in [1.29, 1.82) is 0 Å². The molecule has 6 rings (SSSR count). The van der Waals surface area contributed by atoms with Gasteiger partial charge in [-0.1, -0.05) is 75.5 Å². The Bertz CT molecular complexity index is 1100. The Morgan fingerprint density at radius 2 is 1.05 bits per heavy atom. The summed E-state index contributed by atoms with van der Waals surface area (Å²) in [7, 11) is 0. The molecule has 0 bridgehead atoms. The van der Waals surface area contributed by atoms with E-state index in [1.165, 1.54) is 76.7 Å². The van der Waals surface area contributed by atoms with E-state index in [-0.39, 0.29) is 64.3 Å². The summed E-state index contributed by atoms with van der Waals surface area (Å²) < 4.78 is 1.31. The molecule has 0 saturated carbocycles. The average Bonchev–Trinajstić information content (AvgIpc) is 3.67. The molecule has 38 heavy (non-hydrogen) atoms. The van der Waals surface area contributed by atoms with E-state index >= 15 is 0 Å². The largest absolute Gasteiger partial charge is 1.00 e. The molecule has 0 fully saturated rings. The van der Waals surface area contributed by atoms with Crippen LogP contribution in [0.2, 0.25) is 0 Å². The number of alkyl halides is 1. The first-order chi connectivity index (χ1) is 17.2. The predicted octanol–water partition coefficient (Wildman–Crippen LogP) is 9.34. The molecule has 0 aliphatic heterocycles. The number of hydrogen-bond donors (Lipinski definition) is 0. The first-order valence-corrected chi connectivity index (χ1v) is 18.1. The zero-order chi connectivity index (χ0) is 24.7. The Morgan fingerprint density at radius 1 is 0.658 bits per heavy atom. The van der Waals surface area contributed by atoms with Crippen LogP contribution < -0.4 is 51.4 Å². The summed E-state index contributed by atoms with van der Waals surface area (Å²) in [5.74, 6) is 0. The van der Waals surface area contributed by atoms with Crippen LogP contribution in [-0.4, -0.2) is 9.90 Å². The molecule has 4 heterocycles. The van der Waals surface area contributed by atoms with Crippen molar-refractivity contribution < 1.29 is 56.9 Å². The Hall–Kier alpha value is 1.13. The van der Waals surface area contributed by atoms with E-state index in [2.05, 4.69) is 89.1 Å². The van der Waals surface area contributed by atoms with E-state index in [0.717, 1.165) is 6.42 Å². The molecule has 1 N–H and O–H groups in total. The van der Waals surface area contributed by atoms with Crippen LogP contribution in [-0.2, 0) is 11.8 Å². The molecule has 1 nitrogen and oxygen atoms in total. The zero-order valence-corrected chi connectivity index (χ0v) is 32.2. The summed E-state index contributed by atoms with van der Waals surface area (Å²) in [6.07, 6.45) is 11.8. The Labute approximate surface area is 303 Å². The standard InChI is InChI=1S/C17H22S2.C9H6S2.C4H9I.CH3.K.H2O/c1-3-5-9-17(10-6-4-2)13-7-11-18-15(13)16-14(17)8-12-19-16;1-3-10-8-6(1)5-7-2-4-11-9(7)8;1-2-3-4-5;;;/h7-8,11-12H,3-6,9-10H2,1-2H3;1-4H,5H2;2-4H2,1H3;1H3;;1H2/q;;;-1;+1;/p-1. The zero-order valence-electron chi connectivity index (χ0n) is 23.6. The van der Waals surface area contributed by atoms with Crippen molar-refractivity contribution in [1.82, 2.24) is 0 Å². The molecule has 2 aliphatic carbocycles. The molecular formula is C31H41IKOS4-. The number of rotatable bonds is 8. The van der Waals surface area contributed by atoms with E-state index in [4.69, 9.17) is 0 Å². The second kappa shape index (κ2) is 18.6. The average molecular weight is 724 g/mol. The quantitative estimate of drug-likeness (QED) is 0.0680. The monoisotopic (exact) mass is 723 g/mol. The fourth-order valence-electron chi connectivity index (χ4n) is 5.18. The maximum atomic E-state index is 2.40. The van der Waals surface area contributed by atoms with Crippen LogP contribution in [0.5, 0.6) is 0 Å². The summed E-state index contributed by atoms with van der Waals surface area (Å²) in [6, 6.07) is 9.29. The van der Waals surface area contributed by atoms with Gasteiger partial charge in [0.15, 0.2) is 0 Å². The fourth-order valence-corrected chi connectivity index (χ4v) is 10.2. The van der Waals surface area contributed by atoms with Crippen LogP contribution in [0.1, 0.15) is 94.4 Å². The number of thiophene rings is 4. The third-order valence-corrected chi connectivity index (χ3v) is 11.9. The molecule has 0 saturated heterocycles. The van der Waals surface area contributed by atoms with E-state index < -0.39 is 0 Å². The maximum absolute atomic E-state index is 2.40. The van der Waals surface area contributed by atoms with Crippen LogP contribution in [0.25, 0.3) is 19.5 Å². The molecule has 4 aromatic heterocycles. The molecule has 7 heteroatoms. The van der Waals surface area contributed by atoms with Gasteiger partial charge in [0.1, 0.15) is 0 Å². The summed E-state index contributed by atoms with van der Waals surface area (Å²) in [5.41, 5.74) is 6.67. The Balaban J connectivity index is 0.000000325. The van der Waals surface area contributed by atoms with Crippen LogP contribution >= 0.6 is 67.9 Å². The van der Waals surface area contributed by atoms with Gasteiger partial charge in [-0.25, -0.2) is 0 Å². The van der Waals surface area contributed by atoms with E-state index in [1.54, 1.807) is 20.9 Å². The molecule has 0 unspecified atom stereocenters. The summed E-state index contributed by atoms with van der Waals surface area (Å²) in [4.78, 5) is 6.15. The second-order valence-electron chi connectivity index (χ2n) is 9.39. The van der Waals surface area contributed by atoms with Gasteiger partial charge in [-0.2, -0.15) is 0 Å². The molecule has 0 amide bonds. The smallest absolute Gasteiger partial charge is 0.870 e. The number of halogens is 1. The van der Waals surface area contributed by atoms with Gasteiger partial charge in [0.25, 0.3) is 0 Å². The Morgan fingerprint density at radius 3 is 1.42 bits per heavy atom. The van der Waals surface area contributed by atoms with E-state index in [9.17, 15) is 0 Å². The SMILES string of the molecule is CCCCC1(CCCC)c2ccsc2-c2sccc21.CCCCI.[CH3-].[K+].[OH-].c1cc2c(s1)-c1sccc1C2. The van der Waals surface area contributed by atoms with Crippen LogP contribution in [0, 0.1) is 7.43 Å². The molecule has 204 valence electrons. The minimum Gasteiger partial charge on any atom is -0.870 e. The summed E-state index contributed by atoms with van der Waals surface area (Å²) >= 11 is 10.0. The summed E-state index contributed by atoms with van der Waals surface area (Å²) in [5, 5.41) is 8.96. The van der Waals surface area contributed by atoms with Crippen molar-refractivity contribution in [3.05, 3.63) is 75.5 Å². The van der Waals surface area contributed by atoms with Crippen molar-refractivity contribution in [2.45, 2.75) is 84.0 Å². The van der Waals surface area contributed by atoms with Gasteiger partial charge in [-0.15, -0.1) is 45.3 Å². The van der Waals surface area contributed by atoms with Crippen molar-refractivity contribution in [3.63, 3.8) is 0 Å². The maximum Gasteiger partial charge on any atom is 1.00 e. The second-order valence-corrected chi connectivity index (χ2v) is 14.1. The number of fused-ring (bicyclic) bond motifs is 6. The van der Waals surface area contributed by atoms with Crippen molar-refractivity contribution >= 4 is 67.9 Å². The van der Waals surface area contributed by atoms with Crippen LogP contribution in [0.3, 0.4) is 0 Å². The third kappa shape index (κ3) is 8.15. The van der Waals surface area contributed by atoms with Crippen LogP contribution in [0.15, 0.2) is 45.8 Å². The van der Waals surface area contributed by atoms with Gasteiger partial charge in [-0.05, 0) is 91.7 Å². The summed E-state index contributed by atoms with van der Waals surface area (Å²) in [6.45, 7) is 6.83.